The van der Waals surface area contributed by atoms with Crippen LogP contribution >= 0.6 is 12.4 Å². The van der Waals surface area contributed by atoms with E-state index >= 15 is 0 Å². The Morgan fingerprint density at radius 3 is 2.29 bits per heavy atom. The lowest BCUT2D eigenvalue weighted by atomic mass is 10.2. The molecule has 136 valence electrons. The van der Waals surface area contributed by atoms with E-state index in [1.54, 1.807) is 0 Å². The number of ketones is 1. The summed E-state index contributed by atoms with van der Waals surface area (Å²) in [5, 5.41) is 2.63. The molecule has 7 nitrogen and oxygen atoms in total. The number of amides is 1. The maximum absolute atomic E-state index is 12.4. The number of nitrogens with one attached hydrogen (secondary N) is 1. The number of rotatable bonds is 9. The Morgan fingerprint density at radius 1 is 1.21 bits per heavy atom. The Hall–Kier alpha value is -1.48. The summed E-state index contributed by atoms with van der Waals surface area (Å²) >= 11 is 0. The van der Waals surface area contributed by atoms with Crippen LogP contribution in [0.15, 0.2) is 29.2 Å². The molecule has 1 aromatic carbocycles. The molecule has 0 saturated carbocycles. The van der Waals surface area contributed by atoms with Crippen molar-refractivity contribution >= 4 is 34.1 Å². The monoisotopic (exact) mass is 377 g/mol. The van der Waals surface area contributed by atoms with Gasteiger partial charge in [0.25, 0.3) is 0 Å². The maximum atomic E-state index is 12.4. The fraction of sp³-hybridized carbons (Fsp3) is 0.467. The first-order valence-corrected chi connectivity index (χ1v) is 8.77. The summed E-state index contributed by atoms with van der Waals surface area (Å²) in [6.07, 6.45) is 0.654. The molecule has 0 atom stereocenters. The second kappa shape index (κ2) is 10.4. The van der Waals surface area contributed by atoms with E-state index in [1.165, 1.54) is 42.5 Å². The number of hydrogen-bond donors (Lipinski definition) is 2. The predicted molar refractivity (Wildman–Crippen MR) is 94.8 cm³/mol. The molecule has 24 heavy (non-hydrogen) atoms. The van der Waals surface area contributed by atoms with Crippen molar-refractivity contribution in [3.63, 3.8) is 0 Å². The first kappa shape index (κ1) is 22.5. The van der Waals surface area contributed by atoms with E-state index in [2.05, 4.69) is 5.32 Å². The van der Waals surface area contributed by atoms with Gasteiger partial charge in [0.1, 0.15) is 0 Å². The summed E-state index contributed by atoms with van der Waals surface area (Å²) in [4.78, 5) is 22.8. The first-order valence-electron chi connectivity index (χ1n) is 7.33. The Balaban J connectivity index is 0.00000529. The number of hydrogen-bond acceptors (Lipinski definition) is 5. The molecule has 0 spiro atoms. The zero-order chi connectivity index (χ0) is 17.5. The van der Waals surface area contributed by atoms with E-state index < -0.39 is 10.0 Å². The van der Waals surface area contributed by atoms with E-state index in [0.717, 1.165) is 0 Å². The standard InChI is InChI=1S/C15H23N3O4S.ClH/c1-12(19)13-5-7-14(8-6-13)23(21,22)18(2)11-3-4-15(20)17-10-9-16;/h5-8H,3-4,9-11,16H2,1-2H3,(H,17,20);1H. The molecule has 1 aromatic rings. The first-order chi connectivity index (χ1) is 10.8. The molecule has 0 radical (unpaired) electrons. The number of carbonyl (C=O) groups is 2. The molecule has 0 heterocycles. The fourth-order valence-corrected chi connectivity index (χ4v) is 3.13. The highest BCUT2D eigenvalue weighted by Crippen LogP contribution is 2.16. The van der Waals surface area contributed by atoms with Gasteiger partial charge in [-0.2, -0.15) is 0 Å². The third-order valence-electron chi connectivity index (χ3n) is 3.31. The van der Waals surface area contributed by atoms with Crippen LogP contribution in [0.5, 0.6) is 0 Å². The Kier molecular flexibility index (Phi) is 9.76. The summed E-state index contributed by atoms with van der Waals surface area (Å²) < 4.78 is 26.0. The average Bonchev–Trinajstić information content (AvgIpc) is 2.52. The average molecular weight is 378 g/mol. The topological polar surface area (TPSA) is 110 Å². The van der Waals surface area contributed by atoms with Crippen molar-refractivity contribution in [2.45, 2.75) is 24.7 Å². The van der Waals surface area contributed by atoms with Crippen LogP contribution < -0.4 is 11.1 Å². The van der Waals surface area contributed by atoms with Crippen molar-refractivity contribution in [3.05, 3.63) is 29.8 Å². The van der Waals surface area contributed by atoms with Gasteiger partial charge in [0.15, 0.2) is 5.78 Å². The largest absolute Gasteiger partial charge is 0.355 e. The minimum atomic E-state index is -3.63. The molecule has 0 aromatic heterocycles. The van der Waals surface area contributed by atoms with Crippen LogP contribution in [0.3, 0.4) is 0 Å². The highest BCUT2D eigenvalue weighted by molar-refractivity contribution is 7.89. The summed E-state index contributed by atoms with van der Waals surface area (Å²) in [6.45, 7) is 2.43. The van der Waals surface area contributed by atoms with E-state index in [4.69, 9.17) is 5.73 Å². The molecule has 0 aliphatic rings. The van der Waals surface area contributed by atoms with Gasteiger partial charge in [-0.05, 0) is 25.5 Å². The zero-order valence-electron chi connectivity index (χ0n) is 13.8. The number of nitrogens with zero attached hydrogens (tertiary/aromatic N) is 1. The van der Waals surface area contributed by atoms with Gasteiger partial charge in [-0.25, -0.2) is 12.7 Å². The zero-order valence-corrected chi connectivity index (χ0v) is 15.5. The van der Waals surface area contributed by atoms with Gasteiger partial charge >= 0.3 is 0 Å². The van der Waals surface area contributed by atoms with Crippen molar-refractivity contribution in [2.75, 3.05) is 26.7 Å². The SMILES string of the molecule is CC(=O)c1ccc(S(=O)(=O)N(C)CCCC(=O)NCCN)cc1.Cl. The second-order valence-corrected chi connectivity index (χ2v) is 7.19. The van der Waals surface area contributed by atoms with Gasteiger partial charge in [-0.3, -0.25) is 9.59 Å². The van der Waals surface area contributed by atoms with Crippen molar-refractivity contribution < 1.29 is 18.0 Å². The number of carbonyl (C=O) groups excluding carboxylic acids is 2. The summed E-state index contributed by atoms with van der Waals surface area (Å²) in [6, 6.07) is 5.81. The van der Waals surface area contributed by atoms with Crippen molar-refractivity contribution in [3.8, 4) is 0 Å². The van der Waals surface area contributed by atoms with Crippen LogP contribution in [0.2, 0.25) is 0 Å². The number of halogens is 1. The lowest BCUT2D eigenvalue weighted by molar-refractivity contribution is -0.121. The van der Waals surface area contributed by atoms with Gasteiger partial charge in [0.2, 0.25) is 15.9 Å². The molecule has 0 unspecified atom stereocenters. The van der Waals surface area contributed by atoms with Crippen molar-refractivity contribution in [1.82, 2.24) is 9.62 Å². The predicted octanol–water partition coefficient (Wildman–Crippen LogP) is 0.787. The smallest absolute Gasteiger partial charge is 0.242 e. The number of nitrogens with two attached hydrogens (primary N) is 1. The van der Waals surface area contributed by atoms with E-state index in [1.807, 2.05) is 0 Å². The quantitative estimate of drug-likeness (QED) is 0.618. The Labute approximate surface area is 149 Å². The summed E-state index contributed by atoms with van der Waals surface area (Å²) in [7, 11) is -2.16. The fourth-order valence-electron chi connectivity index (χ4n) is 1.92. The number of benzene rings is 1. The van der Waals surface area contributed by atoms with Crippen LogP contribution in [0.4, 0.5) is 0 Å². The van der Waals surface area contributed by atoms with Crippen LogP contribution in [0.25, 0.3) is 0 Å². The van der Waals surface area contributed by atoms with E-state index in [-0.39, 0.29) is 42.0 Å². The number of sulfonamides is 1. The summed E-state index contributed by atoms with van der Waals surface area (Å²) in [5.74, 6) is -0.266. The Bertz CT molecular complexity index is 647. The van der Waals surface area contributed by atoms with E-state index in [0.29, 0.717) is 25.1 Å². The van der Waals surface area contributed by atoms with Crippen LogP contribution in [0, 0.1) is 0 Å². The van der Waals surface area contributed by atoms with Crippen LogP contribution in [0.1, 0.15) is 30.1 Å². The highest BCUT2D eigenvalue weighted by atomic mass is 35.5. The molecular weight excluding hydrogens is 354 g/mol. The van der Waals surface area contributed by atoms with E-state index in [9.17, 15) is 18.0 Å². The molecule has 0 fully saturated rings. The Morgan fingerprint density at radius 2 is 1.79 bits per heavy atom. The van der Waals surface area contributed by atoms with Gasteiger partial charge in [-0.1, -0.05) is 12.1 Å². The van der Waals surface area contributed by atoms with Crippen LogP contribution in [-0.2, 0) is 14.8 Å². The highest BCUT2D eigenvalue weighted by Gasteiger charge is 2.20. The molecule has 1 rings (SSSR count). The molecule has 1 amide bonds. The second-order valence-electron chi connectivity index (χ2n) is 5.15. The minimum absolute atomic E-state index is 0. The van der Waals surface area contributed by atoms with Crippen molar-refractivity contribution in [2.24, 2.45) is 5.73 Å². The molecular formula is C15H24ClN3O4S. The lowest BCUT2D eigenvalue weighted by Crippen LogP contribution is -2.31. The maximum Gasteiger partial charge on any atom is 0.242 e. The molecule has 0 aliphatic carbocycles. The van der Waals surface area contributed by atoms with Crippen LogP contribution in [-0.4, -0.2) is 51.1 Å². The molecule has 0 saturated heterocycles. The third-order valence-corrected chi connectivity index (χ3v) is 5.18. The van der Waals surface area contributed by atoms with Gasteiger partial charge in [0, 0.05) is 38.7 Å². The molecule has 3 N–H and O–H groups in total. The van der Waals surface area contributed by atoms with Gasteiger partial charge in [-0.15, -0.1) is 12.4 Å². The van der Waals surface area contributed by atoms with Crippen molar-refractivity contribution in [1.29, 1.82) is 0 Å². The normalized spacial score (nSPS) is 11.0. The molecule has 0 aliphatic heterocycles. The minimum Gasteiger partial charge on any atom is -0.355 e. The lowest BCUT2D eigenvalue weighted by Gasteiger charge is -2.17. The third kappa shape index (κ3) is 6.56. The molecule has 9 heteroatoms. The number of Topliss-reactive ketones (excluding diaryl/α,β-unsaturated/α-hetero) is 1. The molecule has 0 bridgehead atoms. The van der Waals surface area contributed by atoms with Gasteiger partial charge < -0.3 is 11.1 Å². The van der Waals surface area contributed by atoms with Gasteiger partial charge in [0.05, 0.1) is 4.90 Å². The summed E-state index contributed by atoms with van der Waals surface area (Å²) in [5.41, 5.74) is 5.74.